The second-order valence-electron chi connectivity index (χ2n) is 5.09. The summed E-state index contributed by atoms with van der Waals surface area (Å²) < 4.78 is 10.1. The molecule has 1 aliphatic carbocycles. The molecule has 3 rings (SSSR count). The predicted octanol–water partition coefficient (Wildman–Crippen LogP) is 3.50. The van der Waals surface area contributed by atoms with Crippen molar-refractivity contribution >= 4 is 5.78 Å². The summed E-state index contributed by atoms with van der Waals surface area (Å²) in [4.78, 5) is 10.2. The van der Waals surface area contributed by atoms with Gasteiger partial charge < -0.3 is 9.47 Å². The molecule has 0 amide bonds. The molecule has 0 spiro atoms. The molecule has 3 nitrogen and oxygen atoms in total. The lowest BCUT2D eigenvalue weighted by Crippen LogP contribution is -2.03. The smallest absolute Gasteiger partial charge is 0.132 e. The summed E-state index contributed by atoms with van der Waals surface area (Å²) in [7, 11) is 0. The Hall–Kier alpha value is -0.410. The maximum absolute atomic E-state index is 10.2. The van der Waals surface area contributed by atoms with Gasteiger partial charge in [-0.1, -0.05) is 0 Å². The highest BCUT2D eigenvalue weighted by Crippen LogP contribution is 2.11. The summed E-state index contributed by atoms with van der Waals surface area (Å²) in [6, 6.07) is 0. The van der Waals surface area contributed by atoms with E-state index in [2.05, 4.69) is 0 Å². The lowest BCUT2D eigenvalue weighted by Gasteiger charge is -2.08. The molecule has 0 N–H and O–H groups in total. The van der Waals surface area contributed by atoms with Crippen molar-refractivity contribution in [3.8, 4) is 0 Å². The second kappa shape index (κ2) is 11.7. The van der Waals surface area contributed by atoms with Crippen molar-refractivity contribution in [1.29, 1.82) is 0 Å². The quantitative estimate of drug-likeness (QED) is 0.665. The number of hydrogen-bond donors (Lipinski definition) is 0. The summed E-state index contributed by atoms with van der Waals surface area (Å²) in [5, 5.41) is 0. The first-order valence-corrected chi connectivity index (χ1v) is 7.57. The van der Waals surface area contributed by atoms with Gasteiger partial charge in [0.05, 0.1) is 0 Å². The van der Waals surface area contributed by atoms with Crippen LogP contribution in [0.5, 0.6) is 0 Å². The number of hydrogen-bond acceptors (Lipinski definition) is 3. The van der Waals surface area contributed by atoms with Crippen molar-refractivity contribution in [2.45, 2.75) is 64.2 Å². The van der Waals surface area contributed by atoms with E-state index in [9.17, 15) is 4.79 Å². The lowest BCUT2D eigenvalue weighted by molar-refractivity contribution is -0.117. The van der Waals surface area contributed by atoms with Crippen LogP contribution in [-0.2, 0) is 14.3 Å². The molecule has 3 fully saturated rings. The Morgan fingerprint density at radius 1 is 0.556 bits per heavy atom. The standard InChI is InChI=1S/2C5H10O.C5H8O/c2*1-2-4-6-5-3-1;6-5-3-1-2-4-5/h2*1-5H2;1-4H2. The topological polar surface area (TPSA) is 35.5 Å². The molecular weight excluding hydrogens is 228 g/mol. The monoisotopic (exact) mass is 256 g/mol. The molecule has 0 aromatic heterocycles. The fraction of sp³-hybridized carbons (Fsp3) is 0.933. The summed E-state index contributed by atoms with van der Waals surface area (Å²) in [5.41, 5.74) is 0. The molecular formula is C15H28O3. The molecule has 106 valence electrons. The Labute approximate surface area is 111 Å². The van der Waals surface area contributed by atoms with E-state index in [1.54, 1.807) is 0 Å². The SMILES string of the molecule is C1CCOCC1.C1CCOCC1.O=C1CCCC1. The zero-order valence-electron chi connectivity index (χ0n) is 11.6. The van der Waals surface area contributed by atoms with Crippen LogP contribution in [0.25, 0.3) is 0 Å². The van der Waals surface area contributed by atoms with Crippen molar-refractivity contribution in [2.75, 3.05) is 26.4 Å². The van der Waals surface area contributed by atoms with Crippen molar-refractivity contribution in [1.82, 2.24) is 0 Å². The molecule has 3 heteroatoms. The normalized spacial score (nSPS) is 23.4. The van der Waals surface area contributed by atoms with E-state index in [0.717, 1.165) is 52.1 Å². The van der Waals surface area contributed by atoms with Crippen LogP contribution in [0.4, 0.5) is 0 Å². The first-order chi connectivity index (χ1) is 8.89. The zero-order valence-corrected chi connectivity index (χ0v) is 11.6. The molecule has 3 aliphatic rings. The molecule has 0 aromatic carbocycles. The van der Waals surface area contributed by atoms with Gasteiger partial charge >= 0.3 is 0 Å². The van der Waals surface area contributed by atoms with Crippen molar-refractivity contribution in [3.05, 3.63) is 0 Å². The Morgan fingerprint density at radius 3 is 1.06 bits per heavy atom. The number of rotatable bonds is 0. The fourth-order valence-corrected chi connectivity index (χ4v) is 2.14. The molecule has 2 aliphatic heterocycles. The van der Waals surface area contributed by atoms with Crippen LogP contribution in [0.1, 0.15) is 64.2 Å². The highest BCUT2D eigenvalue weighted by molar-refractivity contribution is 5.79. The molecule has 2 heterocycles. The Bertz CT molecular complexity index is 153. The molecule has 0 aromatic rings. The zero-order chi connectivity index (χ0) is 12.9. The Kier molecular flexibility index (Phi) is 10.1. The van der Waals surface area contributed by atoms with E-state index >= 15 is 0 Å². The number of carbonyl (C=O) groups is 1. The van der Waals surface area contributed by atoms with Crippen LogP contribution in [0.3, 0.4) is 0 Å². The first-order valence-electron chi connectivity index (χ1n) is 7.57. The third kappa shape index (κ3) is 9.60. The van der Waals surface area contributed by atoms with Crippen LogP contribution in [-0.4, -0.2) is 32.2 Å². The van der Waals surface area contributed by atoms with E-state index in [-0.39, 0.29) is 0 Å². The molecule has 0 bridgehead atoms. The van der Waals surface area contributed by atoms with Crippen molar-refractivity contribution < 1.29 is 14.3 Å². The second-order valence-corrected chi connectivity index (χ2v) is 5.09. The minimum absolute atomic E-state index is 0.454. The van der Waals surface area contributed by atoms with Gasteiger partial charge in [-0.2, -0.15) is 0 Å². The van der Waals surface area contributed by atoms with E-state index < -0.39 is 0 Å². The van der Waals surface area contributed by atoms with Gasteiger partial charge in [-0.15, -0.1) is 0 Å². The maximum atomic E-state index is 10.2. The van der Waals surface area contributed by atoms with E-state index in [1.165, 1.54) is 38.5 Å². The van der Waals surface area contributed by atoms with E-state index in [0.29, 0.717) is 5.78 Å². The predicted molar refractivity (Wildman–Crippen MR) is 72.8 cm³/mol. The van der Waals surface area contributed by atoms with Gasteiger partial charge in [0.2, 0.25) is 0 Å². The summed E-state index contributed by atoms with van der Waals surface area (Å²) in [5.74, 6) is 0.454. The minimum Gasteiger partial charge on any atom is -0.381 e. The van der Waals surface area contributed by atoms with Gasteiger partial charge in [0, 0.05) is 39.3 Å². The molecule has 0 atom stereocenters. The average Bonchev–Trinajstić information content (AvgIpc) is 2.95. The highest BCUT2D eigenvalue weighted by atomic mass is 16.5. The van der Waals surface area contributed by atoms with E-state index in [1.807, 2.05) is 0 Å². The number of ether oxygens (including phenoxy) is 2. The number of Topliss-reactive ketones (excluding diaryl/α,β-unsaturated/α-hetero) is 1. The summed E-state index contributed by atoms with van der Waals surface area (Å²) in [6.45, 7) is 4.00. The Balaban J connectivity index is 0.000000135. The van der Waals surface area contributed by atoms with Crippen LogP contribution < -0.4 is 0 Å². The van der Waals surface area contributed by atoms with Gasteiger partial charge in [0.25, 0.3) is 0 Å². The summed E-state index contributed by atoms with van der Waals surface area (Å²) >= 11 is 0. The summed E-state index contributed by atoms with van der Waals surface area (Å²) in [6.07, 6.45) is 11.8. The van der Waals surface area contributed by atoms with Gasteiger partial charge in [-0.05, 0) is 51.4 Å². The van der Waals surface area contributed by atoms with E-state index in [4.69, 9.17) is 9.47 Å². The number of ketones is 1. The molecule has 18 heavy (non-hydrogen) atoms. The lowest BCUT2D eigenvalue weighted by atomic mass is 10.2. The average molecular weight is 256 g/mol. The van der Waals surface area contributed by atoms with Crippen molar-refractivity contribution in [2.24, 2.45) is 0 Å². The van der Waals surface area contributed by atoms with Gasteiger partial charge in [0.1, 0.15) is 5.78 Å². The van der Waals surface area contributed by atoms with Crippen LogP contribution in [0.2, 0.25) is 0 Å². The molecule has 0 radical (unpaired) electrons. The van der Waals surface area contributed by atoms with Gasteiger partial charge in [-0.3, -0.25) is 4.79 Å². The maximum Gasteiger partial charge on any atom is 0.132 e. The van der Waals surface area contributed by atoms with Gasteiger partial charge in [-0.25, -0.2) is 0 Å². The molecule has 2 saturated heterocycles. The van der Waals surface area contributed by atoms with Crippen LogP contribution >= 0.6 is 0 Å². The minimum atomic E-state index is 0.454. The number of carbonyl (C=O) groups excluding carboxylic acids is 1. The van der Waals surface area contributed by atoms with Crippen LogP contribution in [0.15, 0.2) is 0 Å². The third-order valence-corrected chi connectivity index (χ3v) is 3.32. The van der Waals surface area contributed by atoms with Crippen molar-refractivity contribution in [3.63, 3.8) is 0 Å². The fourth-order valence-electron chi connectivity index (χ4n) is 2.14. The largest absolute Gasteiger partial charge is 0.381 e. The first kappa shape index (κ1) is 15.6. The third-order valence-electron chi connectivity index (χ3n) is 3.32. The highest BCUT2D eigenvalue weighted by Gasteiger charge is 2.07. The van der Waals surface area contributed by atoms with Gasteiger partial charge in [0.15, 0.2) is 0 Å². The molecule has 0 unspecified atom stereocenters. The van der Waals surface area contributed by atoms with Crippen LogP contribution in [0, 0.1) is 0 Å². The molecule has 1 saturated carbocycles. The Morgan fingerprint density at radius 2 is 0.944 bits per heavy atom.